The lowest BCUT2D eigenvalue weighted by molar-refractivity contribution is 0.210. The van der Waals surface area contributed by atoms with E-state index in [4.69, 9.17) is 21.7 Å². The van der Waals surface area contributed by atoms with E-state index in [1.807, 2.05) is 61.5 Å². The lowest BCUT2D eigenvalue weighted by atomic mass is 10.2. The van der Waals surface area contributed by atoms with E-state index in [1.165, 1.54) is 12.8 Å². The summed E-state index contributed by atoms with van der Waals surface area (Å²) < 4.78 is 11.7. The third kappa shape index (κ3) is 5.92. The van der Waals surface area contributed by atoms with Crippen molar-refractivity contribution in [3.05, 3.63) is 54.6 Å². The van der Waals surface area contributed by atoms with Crippen LogP contribution >= 0.6 is 12.2 Å². The molecular weight excluding hydrogens is 344 g/mol. The molecule has 2 aromatic rings. The Kier molecular flexibility index (Phi) is 6.72. The Morgan fingerprint density at radius 2 is 1.73 bits per heavy atom. The summed E-state index contributed by atoms with van der Waals surface area (Å²) in [5.74, 6) is 1.78. The van der Waals surface area contributed by atoms with Crippen LogP contribution in [0.15, 0.2) is 54.6 Å². The van der Waals surface area contributed by atoms with E-state index in [-0.39, 0.29) is 6.04 Å². The molecule has 0 amide bonds. The van der Waals surface area contributed by atoms with Crippen molar-refractivity contribution in [2.24, 2.45) is 0 Å². The van der Waals surface area contributed by atoms with Gasteiger partial charge in [-0.1, -0.05) is 18.2 Å². The summed E-state index contributed by atoms with van der Waals surface area (Å²) in [6, 6.07) is 17.8. The van der Waals surface area contributed by atoms with Gasteiger partial charge in [0, 0.05) is 5.69 Å². The van der Waals surface area contributed by atoms with Crippen molar-refractivity contribution in [1.29, 1.82) is 0 Å². The van der Waals surface area contributed by atoms with Gasteiger partial charge in [0.1, 0.15) is 18.1 Å². The molecule has 0 aromatic heterocycles. The third-order valence-corrected chi connectivity index (χ3v) is 4.56. The molecule has 1 atom stereocenters. The van der Waals surface area contributed by atoms with Gasteiger partial charge in [-0.3, -0.25) is 0 Å². The number of para-hydroxylation sites is 1. The first-order valence-electron chi connectivity index (χ1n) is 9.21. The number of anilines is 1. The number of hydrogen-bond donors (Lipinski definition) is 2. The predicted octanol–water partition coefficient (Wildman–Crippen LogP) is 4.76. The summed E-state index contributed by atoms with van der Waals surface area (Å²) in [6.07, 6.45) is 5.25. The van der Waals surface area contributed by atoms with Crippen molar-refractivity contribution in [2.75, 3.05) is 11.9 Å². The average Bonchev–Trinajstić information content (AvgIpc) is 3.15. The molecule has 3 rings (SSSR count). The van der Waals surface area contributed by atoms with E-state index in [2.05, 4.69) is 10.6 Å². The second-order valence-electron chi connectivity index (χ2n) is 6.67. The Bertz CT molecular complexity index is 685. The van der Waals surface area contributed by atoms with Gasteiger partial charge in [-0.25, -0.2) is 0 Å². The second kappa shape index (κ2) is 9.43. The van der Waals surface area contributed by atoms with Crippen molar-refractivity contribution in [2.45, 2.75) is 44.8 Å². The summed E-state index contributed by atoms with van der Waals surface area (Å²) in [5, 5.41) is 7.02. The summed E-state index contributed by atoms with van der Waals surface area (Å²) >= 11 is 5.38. The smallest absolute Gasteiger partial charge is 0.171 e. The van der Waals surface area contributed by atoms with Crippen molar-refractivity contribution in [3.8, 4) is 11.5 Å². The highest BCUT2D eigenvalue weighted by Crippen LogP contribution is 2.25. The van der Waals surface area contributed by atoms with Crippen LogP contribution in [-0.2, 0) is 0 Å². The minimum atomic E-state index is 0.0974. The van der Waals surface area contributed by atoms with Crippen LogP contribution in [0.3, 0.4) is 0 Å². The molecule has 1 saturated carbocycles. The number of thiocarbonyl (C=S) groups is 1. The summed E-state index contributed by atoms with van der Waals surface area (Å²) in [7, 11) is 0. The zero-order chi connectivity index (χ0) is 18.2. The van der Waals surface area contributed by atoms with Crippen molar-refractivity contribution >= 4 is 23.0 Å². The Morgan fingerprint density at radius 3 is 2.42 bits per heavy atom. The van der Waals surface area contributed by atoms with Crippen molar-refractivity contribution in [1.82, 2.24) is 5.32 Å². The fraction of sp³-hybridized carbons (Fsp3) is 0.381. The van der Waals surface area contributed by atoms with Crippen LogP contribution in [-0.4, -0.2) is 23.9 Å². The van der Waals surface area contributed by atoms with E-state index < -0.39 is 0 Å². The lowest BCUT2D eigenvalue weighted by Gasteiger charge is -2.18. The Balaban J connectivity index is 1.40. The molecule has 138 valence electrons. The molecule has 0 aliphatic heterocycles. The highest BCUT2D eigenvalue weighted by atomic mass is 32.1. The lowest BCUT2D eigenvalue weighted by Crippen LogP contribution is -2.39. The van der Waals surface area contributed by atoms with Crippen molar-refractivity contribution < 1.29 is 9.47 Å². The molecule has 0 bridgehead atoms. The maximum atomic E-state index is 5.98. The molecule has 2 aromatic carbocycles. The van der Waals surface area contributed by atoms with Crippen LogP contribution in [0.2, 0.25) is 0 Å². The molecule has 1 aliphatic rings. The highest BCUT2D eigenvalue weighted by Gasteiger charge is 2.16. The van der Waals surface area contributed by atoms with Gasteiger partial charge in [-0.15, -0.1) is 0 Å². The van der Waals surface area contributed by atoms with Gasteiger partial charge < -0.3 is 20.1 Å². The van der Waals surface area contributed by atoms with Crippen molar-refractivity contribution in [3.63, 3.8) is 0 Å². The zero-order valence-electron chi connectivity index (χ0n) is 15.1. The van der Waals surface area contributed by atoms with Gasteiger partial charge in [-0.05, 0) is 81.2 Å². The largest absolute Gasteiger partial charge is 0.491 e. The van der Waals surface area contributed by atoms with Crippen LogP contribution in [0.25, 0.3) is 0 Å². The highest BCUT2D eigenvalue weighted by molar-refractivity contribution is 7.80. The second-order valence-corrected chi connectivity index (χ2v) is 7.08. The maximum Gasteiger partial charge on any atom is 0.171 e. The van der Waals surface area contributed by atoms with Gasteiger partial charge in [-0.2, -0.15) is 0 Å². The molecular formula is C21H26N2O2S. The number of ether oxygens (including phenoxy) is 2. The Labute approximate surface area is 160 Å². The molecule has 0 radical (unpaired) electrons. The molecule has 0 unspecified atom stereocenters. The van der Waals surface area contributed by atoms with E-state index in [9.17, 15) is 0 Å². The Hall–Kier alpha value is -2.27. The number of nitrogens with one attached hydrogen (secondary N) is 2. The van der Waals surface area contributed by atoms with Crippen LogP contribution in [0, 0.1) is 0 Å². The minimum absolute atomic E-state index is 0.0974. The first-order chi connectivity index (χ1) is 12.7. The van der Waals surface area contributed by atoms with Crippen LogP contribution in [0.1, 0.15) is 32.6 Å². The standard InChI is InChI=1S/C21H26N2O2S/c1-16(15-24-18-7-3-2-4-8-18)22-21(26)23-17-11-13-20(14-12-17)25-19-9-5-6-10-19/h2-4,7-8,11-14,16,19H,5-6,9-10,15H2,1H3,(H2,22,23,26)/t16-/m1/s1. The van der Waals surface area contributed by atoms with Gasteiger partial charge in [0.05, 0.1) is 12.1 Å². The molecule has 26 heavy (non-hydrogen) atoms. The molecule has 0 saturated heterocycles. The first-order valence-corrected chi connectivity index (χ1v) is 9.62. The Morgan fingerprint density at radius 1 is 1.04 bits per heavy atom. The molecule has 4 nitrogen and oxygen atoms in total. The minimum Gasteiger partial charge on any atom is -0.491 e. The van der Waals surface area contributed by atoms with E-state index in [1.54, 1.807) is 0 Å². The maximum absolute atomic E-state index is 5.98. The topological polar surface area (TPSA) is 42.5 Å². The van der Waals surface area contributed by atoms with E-state index in [0.717, 1.165) is 30.0 Å². The third-order valence-electron chi connectivity index (χ3n) is 4.34. The van der Waals surface area contributed by atoms with Gasteiger partial charge in [0.2, 0.25) is 0 Å². The summed E-state index contributed by atoms with van der Waals surface area (Å²) in [6.45, 7) is 2.58. The molecule has 0 spiro atoms. The predicted molar refractivity (Wildman–Crippen MR) is 110 cm³/mol. The van der Waals surface area contributed by atoms with Crippen LogP contribution < -0.4 is 20.1 Å². The molecule has 1 fully saturated rings. The van der Waals surface area contributed by atoms with Crippen LogP contribution in [0.4, 0.5) is 5.69 Å². The SMILES string of the molecule is C[C@H](COc1ccccc1)NC(=S)Nc1ccc(OC2CCCC2)cc1. The van der Waals surface area contributed by atoms with Gasteiger partial charge in [0.15, 0.2) is 5.11 Å². The number of hydrogen-bond acceptors (Lipinski definition) is 3. The fourth-order valence-electron chi connectivity index (χ4n) is 2.99. The molecule has 0 heterocycles. The number of benzene rings is 2. The van der Waals surface area contributed by atoms with Gasteiger partial charge in [0.25, 0.3) is 0 Å². The zero-order valence-corrected chi connectivity index (χ0v) is 15.9. The molecule has 5 heteroatoms. The first kappa shape index (κ1) is 18.5. The van der Waals surface area contributed by atoms with Gasteiger partial charge >= 0.3 is 0 Å². The monoisotopic (exact) mass is 370 g/mol. The van der Waals surface area contributed by atoms with E-state index >= 15 is 0 Å². The number of rotatable bonds is 7. The van der Waals surface area contributed by atoms with Crippen LogP contribution in [0.5, 0.6) is 11.5 Å². The quantitative estimate of drug-likeness (QED) is 0.688. The normalized spacial score (nSPS) is 15.3. The average molecular weight is 371 g/mol. The molecule has 2 N–H and O–H groups in total. The summed E-state index contributed by atoms with van der Waals surface area (Å²) in [4.78, 5) is 0. The summed E-state index contributed by atoms with van der Waals surface area (Å²) in [5.41, 5.74) is 0.942. The van der Waals surface area contributed by atoms with E-state index in [0.29, 0.717) is 17.8 Å². The molecule has 1 aliphatic carbocycles. The fourth-order valence-corrected chi connectivity index (χ4v) is 3.31.